The molecule has 0 saturated carbocycles. The topological polar surface area (TPSA) is 37.3 Å². The summed E-state index contributed by atoms with van der Waals surface area (Å²) in [7, 11) is 0. The molecule has 0 rings (SSSR count). The van der Waals surface area contributed by atoms with Gasteiger partial charge >= 0.3 is 113 Å². The molecule has 2 nitrogen and oxygen atoms in total. The van der Waals surface area contributed by atoms with E-state index in [4.69, 9.17) is 5.11 Å². The van der Waals surface area contributed by atoms with Crippen LogP contribution in [0.3, 0.4) is 0 Å². The zero-order valence-electron chi connectivity index (χ0n) is 24.3. The molecule has 0 aliphatic carbocycles. The van der Waals surface area contributed by atoms with Crippen LogP contribution in [0.5, 0.6) is 0 Å². The molecule has 0 radical (unpaired) electrons. The third-order valence-corrected chi connectivity index (χ3v) is 7.00. The lowest BCUT2D eigenvalue weighted by Gasteiger charge is -2.47. The Balaban J connectivity index is 7.98. The highest BCUT2D eigenvalue weighted by Crippen LogP contribution is 2.71. The van der Waals surface area contributed by atoms with E-state index in [-0.39, 0.29) is 0 Å². The minimum atomic E-state index is -10.5. The lowest BCUT2D eigenvalue weighted by Crippen LogP contribution is -2.81. The van der Waals surface area contributed by atoms with Gasteiger partial charge in [0, 0.05) is 0 Å². The third kappa shape index (κ3) is 5.86. The molecule has 0 fully saturated rings. The van der Waals surface area contributed by atoms with Gasteiger partial charge in [-0.3, -0.25) is 0 Å². The number of aliphatic carboxylic acids is 1. The molecule has 0 aromatic heterocycles. The highest BCUT2D eigenvalue weighted by Gasteiger charge is 3.03. The molecule has 0 saturated heterocycles. The molecule has 0 bridgehead atoms. The number of carbonyl (C=O) groups is 1. The third-order valence-electron chi connectivity index (χ3n) is 7.00. The summed E-state index contributed by atoms with van der Waals surface area (Å²) in [5, 5.41) is 7.66. The number of alkyl halides is 37. The van der Waals surface area contributed by atoms with Gasteiger partial charge in [0.2, 0.25) is 0 Å². The van der Waals surface area contributed by atoms with Gasteiger partial charge in [-0.2, -0.15) is 158 Å². The number of carboxylic acids is 1. The second kappa shape index (κ2) is 12.9. The van der Waals surface area contributed by atoms with Crippen molar-refractivity contribution in [2.24, 2.45) is 0 Å². The van der Waals surface area contributed by atoms with Gasteiger partial charge in [-0.25, -0.2) is 9.18 Å². The second-order valence-corrected chi connectivity index (χ2v) is 10.6. The Morgan fingerprint density at radius 1 is 0.224 bits per heavy atom. The zero-order valence-corrected chi connectivity index (χ0v) is 24.3. The lowest BCUT2D eigenvalue weighted by atomic mass is 9.81. The molecule has 0 aliphatic rings. The molecule has 0 aromatic carbocycles. The monoisotopic (exact) mass is 964 g/mol. The summed E-state index contributed by atoms with van der Waals surface area (Å²) < 4.78 is 498. The van der Waals surface area contributed by atoms with Crippen LogP contribution in [0.15, 0.2) is 0 Å². The van der Waals surface area contributed by atoms with E-state index in [2.05, 4.69) is 0 Å². The first-order chi connectivity index (χ1) is 24.2. The van der Waals surface area contributed by atoms with E-state index in [0.717, 1.165) is 0 Å². The van der Waals surface area contributed by atoms with Gasteiger partial charge in [0.25, 0.3) is 0 Å². The second-order valence-electron chi connectivity index (χ2n) is 10.6. The van der Waals surface area contributed by atoms with Crippen molar-refractivity contribution in [2.45, 2.75) is 107 Å². The molecular formula is C19HF37O2. The maximum absolute atomic E-state index is 13.9. The van der Waals surface area contributed by atoms with Gasteiger partial charge in [0.05, 0.1) is 0 Å². The first-order valence-corrected chi connectivity index (χ1v) is 11.9. The SMILES string of the molecule is O=C(O)C(F)(F)C(F)(F)C(F)(F)C(F)(F)C(F)(F)C(F)(F)C(F)(F)C(F)(F)C(F)(F)C(F)(F)C(F)(F)C(F)(F)C(F)(F)C(F)(F)C(F)(F)C(F)(C(F)(F)F)C(F)(F)F. The van der Waals surface area contributed by atoms with Crippen LogP contribution in [-0.2, 0) is 4.79 Å². The average Bonchev–Trinajstić information content (AvgIpc) is 2.97. The average molecular weight is 964 g/mol. The molecule has 348 valence electrons. The lowest BCUT2D eigenvalue weighted by molar-refractivity contribution is -0.494. The van der Waals surface area contributed by atoms with Crippen molar-refractivity contribution in [2.75, 3.05) is 0 Å². The van der Waals surface area contributed by atoms with E-state index in [0.29, 0.717) is 0 Å². The van der Waals surface area contributed by atoms with Crippen LogP contribution in [0.4, 0.5) is 162 Å². The first kappa shape index (κ1) is 54.9. The van der Waals surface area contributed by atoms with Crippen molar-refractivity contribution in [3.05, 3.63) is 0 Å². The van der Waals surface area contributed by atoms with E-state index >= 15 is 0 Å². The van der Waals surface area contributed by atoms with Crippen LogP contribution in [-0.4, -0.2) is 118 Å². The fourth-order valence-corrected chi connectivity index (χ4v) is 3.43. The maximum atomic E-state index is 13.9. The van der Waals surface area contributed by atoms with Gasteiger partial charge in [-0.15, -0.1) is 0 Å². The van der Waals surface area contributed by atoms with Crippen LogP contribution in [0.2, 0.25) is 0 Å². The molecular weight excluding hydrogens is 963 g/mol. The van der Waals surface area contributed by atoms with Crippen LogP contribution < -0.4 is 0 Å². The maximum Gasteiger partial charge on any atom is 0.438 e. The van der Waals surface area contributed by atoms with Crippen molar-refractivity contribution in [3.63, 3.8) is 0 Å². The van der Waals surface area contributed by atoms with Crippen molar-refractivity contribution in [1.82, 2.24) is 0 Å². The van der Waals surface area contributed by atoms with Gasteiger partial charge in [-0.05, 0) is 0 Å². The predicted molar refractivity (Wildman–Crippen MR) is 97.8 cm³/mol. The normalized spacial score (nSPS) is 17.2. The van der Waals surface area contributed by atoms with Crippen molar-refractivity contribution >= 4 is 5.97 Å². The fourth-order valence-electron chi connectivity index (χ4n) is 3.43. The smallest absolute Gasteiger partial charge is 0.438 e. The molecule has 0 heterocycles. The van der Waals surface area contributed by atoms with Crippen LogP contribution in [0, 0.1) is 0 Å². The Bertz CT molecular complexity index is 1520. The molecule has 0 aliphatic heterocycles. The minimum Gasteiger partial charge on any atom is -0.477 e. The van der Waals surface area contributed by atoms with Crippen molar-refractivity contribution < 1.29 is 172 Å². The molecule has 0 amide bonds. The molecule has 0 atom stereocenters. The minimum absolute atomic E-state index is 4.91. The molecule has 0 aromatic rings. The first-order valence-electron chi connectivity index (χ1n) is 11.9. The number of carboxylic acid groups (broad SMARTS) is 1. The standard InChI is InChI=1S/C19HF37O2/c20-2(21,1(57)58)4(23,24)6(27,28)8(31,32)10(35,36)12(39,40)14(43,44)16(47,48)17(49,50)15(45,46)13(41,42)11(37,38)9(33,34)7(29,30)5(25,26)3(22,18(51,52)53)19(54,55)56/h(H,57,58). The van der Waals surface area contributed by atoms with E-state index in [1.54, 1.807) is 0 Å². The Hall–Kier alpha value is -3.12. The summed E-state index contributed by atoms with van der Waals surface area (Å²) >= 11 is 0. The predicted octanol–water partition coefficient (Wildman–Crippen LogP) is 11.4. The van der Waals surface area contributed by atoms with Crippen LogP contribution in [0.25, 0.3) is 0 Å². The summed E-state index contributed by atoms with van der Waals surface area (Å²) in [6.07, 6.45) is -17.9. The number of hydrogen-bond acceptors (Lipinski definition) is 1. The zero-order chi connectivity index (χ0) is 48.6. The van der Waals surface area contributed by atoms with Crippen molar-refractivity contribution in [1.29, 1.82) is 0 Å². The van der Waals surface area contributed by atoms with Gasteiger partial charge in [-0.1, -0.05) is 0 Å². The number of hydrogen-bond donors (Lipinski definition) is 1. The Morgan fingerprint density at radius 2 is 0.345 bits per heavy atom. The van der Waals surface area contributed by atoms with Gasteiger partial charge in [0.15, 0.2) is 0 Å². The Morgan fingerprint density at radius 3 is 0.466 bits per heavy atom. The van der Waals surface area contributed by atoms with E-state index in [1.165, 1.54) is 0 Å². The number of rotatable bonds is 16. The summed E-state index contributed by atoms with van der Waals surface area (Å²) in [5.41, 5.74) is -9.53. The highest BCUT2D eigenvalue weighted by atomic mass is 19.4. The summed E-state index contributed by atoms with van der Waals surface area (Å²) in [4.78, 5) is 9.96. The van der Waals surface area contributed by atoms with Crippen LogP contribution in [0.1, 0.15) is 0 Å². The largest absolute Gasteiger partial charge is 0.477 e. The van der Waals surface area contributed by atoms with Crippen LogP contribution >= 0.6 is 0 Å². The summed E-state index contributed by atoms with van der Waals surface area (Å²) in [6, 6.07) is 0. The van der Waals surface area contributed by atoms with Gasteiger partial charge < -0.3 is 5.11 Å². The quantitative estimate of drug-likeness (QED) is 0.157. The Kier molecular flexibility index (Phi) is 12.2. The summed E-state index contributed by atoms with van der Waals surface area (Å²) in [5.74, 6) is -155. The van der Waals surface area contributed by atoms with E-state index in [9.17, 15) is 167 Å². The Labute approximate surface area is 286 Å². The molecule has 58 heavy (non-hydrogen) atoms. The molecule has 0 unspecified atom stereocenters. The summed E-state index contributed by atoms with van der Waals surface area (Å²) in [6.45, 7) is 0. The number of halogens is 37. The van der Waals surface area contributed by atoms with E-state index in [1.807, 2.05) is 0 Å². The fraction of sp³-hybridized carbons (Fsp3) is 0.947. The van der Waals surface area contributed by atoms with E-state index < -0.39 is 113 Å². The molecule has 39 heteroatoms. The van der Waals surface area contributed by atoms with Crippen molar-refractivity contribution in [3.8, 4) is 0 Å². The molecule has 0 spiro atoms. The highest BCUT2D eigenvalue weighted by molar-refractivity contribution is 5.77. The molecule has 1 N–H and O–H groups in total. The van der Waals surface area contributed by atoms with Gasteiger partial charge in [0.1, 0.15) is 0 Å².